The average Bonchev–Trinajstić information content (AvgIpc) is 2.41. The molecule has 0 radical (unpaired) electrons. The van der Waals surface area contributed by atoms with Crippen molar-refractivity contribution >= 4 is 51.7 Å². The molecule has 0 aliphatic rings. The molecule has 0 bridgehead atoms. The number of anilines is 1. The Morgan fingerprint density at radius 3 is 2.57 bits per heavy atom. The van der Waals surface area contributed by atoms with E-state index in [-0.39, 0.29) is 11.0 Å². The molecule has 2 aromatic rings. The number of carbonyl (C=O) groups is 1. The highest BCUT2D eigenvalue weighted by Crippen LogP contribution is 2.26. The standard InChI is InChI=1S/C13H9BBrClFNO3/c15-9-1-2-12(11(16)6-9)18-13(19)7-3-8(14(20)21)5-10(17)4-7/h1-6,20-21H,(H,18,19). The van der Waals surface area contributed by atoms with E-state index in [0.717, 1.165) is 16.6 Å². The molecule has 0 heterocycles. The number of nitrogens with one attached hydrogen (secondary N) is 1. The molecule has 2 rings (SSSR count). The van der Waals surface area contributed by atoms with Crippen molar-refractivity contribution in [1.82, 2.24) is 0 Å². The van der Waals surface area contributed by atoms with Crippen molar-refractivity contribution in [3.8, 4) is 0 Å². The number of rotatable bonds is 3. The third kappa shape index (κ3) is 4.04. The van der Waals surface area contributed by atoms with Crippen LogP contribution in [0, 0.1) is 5.82 Å². The summed E-state index contributed by atoms with van der Waals surface area (Å²) < 4.78 is 14.1. The number of carbonyl (C=O) groups excluding carboxylic acids is 1. The molecule has 1 amide bonds. The van der Waals surface area contributed by atoms with Gasteiger partial charge < -0.3 is 15.4 Å². The van der Waals surface area contributed by atoms with Gasteiger partial charge >= 0.3 is 7.12 Å². The van der Waals surface area contributed by atoms with E-state index >= 15 is 0 Å². The van der Waals surface area contributed by atoms with Crippen LogP contribution < -0.4 is 10.8 Å². The molecule has 0 saturated carbocycles. The van der Waals surface area contributed by atoms with Crippen molar-refractivity contribution in [3.05, 3.63) is 57.3 Å². The molecule has 0 atom stereocenters. The number of halogens is 3. The molecule has 3 N–H and O–H groups in total. The minimum Gasteiger partial charge on any atom is -0.423 e. The maximum atomic E-state index is 13.4. The highest BCUT2D eigenvalue weighted by molar-refractivity contribution is 9.10. The van der Waals surface area contributed by atoms with Gasteiger partial charge in [-0.05, 0) is 41.9 Å². The van der Waals surface area contributed by atoms with Crippen molar-refractivity contribution in [3.63, 3.8) is 0 Å². The highest BCUT2D eigenvalue weighted by Gasteiger charge is 2.17. The van der Waals surface area contributed by atoms with Crippen LogP contribution in [0.15, 0.2) is 40.9 Å². The number of benzene rings is 2. The van der Waals surface area contributed by atoms with Crippen LogP contribution in [0.1, 0.15) is 10.4 Å². The van der Waals surface area contributed by atoms with Gasteiger partial charge in [-0.3, -0.25) is 4.79 Å². The van der Waals surface area contributed by atoms with Gasteiger partial charge in [0.1, 0.15) is 5.82 Å². The summed E-state index contributed by atoms with van der Waals surface area (Å²) in [6.45, 7) is 0. The monoisotopic (exact) mass is 371 g/mol. The predicted molar refractivity (Wildman–Crippen MR) is 83.3 cm³/mol. The van der Waals surface area contributed by atoms with Gasteiger partial charge in [0.15, 0.2) is 0 Å². The van der Waals surface area contributed by atoms with E-state index in [4.69, 9.17) is 21.6 Å². The first-order chi connectivity index (χ1) is 9.86. The maximum Gasteiger partial charge on any atom is 0.488 e. The zero-order chi connectivity index (χ0) is 15.6. The quantitative estimate of drug-likeness (QED) is 0.724. The van der Waals surface area contributed by atoms with E-state index in [1.807, 2.05) is 0 Å². The van der Waals surface area contributed by atoms with Crippen LogP contribution in [-0.4, -0.2) is 23.1 Å². The Hall–Kier alpha value is -1.41. The van der Waals surface area contributed by atoms with Crippen molar-refractivity contribution in [1.29, 1.82) is 0 Å². The van der Waals surface area contributed by atoms with Crippen molar-refractivity contribution < 1.29 is 19.2 Å². The number of amides is 1. The molecule has 0 saturated heterocycles. The first kappa shape index (κ1) is 16.0. The van der Waals surface area contributed by atoms with Gasteiger partial charge in [-0.25, -0.2) is 4.39 Å². The van der Waals surface area contributed by atoms with E-state index in [1.54, 1.807) is 18.2 Å². The Morgan fingerprint density at radius 1 is 1.24 bits per heavy atom. The van der Waals surface area contributed by atoms with Crippen LogP contribution in [0.2, 0.25) is 5.02 Å². The van der Waals surface area contributed by atoms with Gasteiger partial charge in [-0.15, -0.1) is 0 Å². The smallest absolute Gasteiger partial charge is 0.423 e. The normalized spacial score (nSPS) is 10.3. The van der Waals surface area contributed by atoms with Crippen LogP contribution in [0.3, 0.4) is 0 Å². The Labute approximate surface area is 133 Å². The molecular formula is C13H9BBrClFNO3. The summed E-state index contributed by atoms with van der Waals surface area (Å²) in [5, 5.41) is 20.9. The van der Waals surface area contributed by atoms with E-state index in [0.29, 0.717) is 10.7 Å². The van der Waals surface area contributed by atoms with Gasteiger partial charge in [-0.1, -0.05) is 27.5 Å². The second kappa shape index (κ2) is 6.57. The van der Waals surface area contributed by atoms with Gasteiger partial charge in [0.25, 0.3) is 5.91 Å². The molecule has 0 fully saturated rings. The predicted octanol–water partition coefficient (Wildman–Crippen LogP) is 2.17. The second-order valence-electron chi connectivity index (χ2n) is 4.23. The molecule has 0 spiro atoms. The van der Waals surface area contributed by atoms with Crippen LogP contribution in [0.4, 0.5) is 10.1 Å². The highest BCUT2D eigenvalue weighted by atomic mass is 79.9. The molecule has 108 valence electrons. The lowest BCUT2D eigenvalue weighted by atomic mass is 9.79. The summed E-state index contributed by atoms with van der Waals surface area (Å²) in [5.41, 5.74) is 0.208. The fourth-order valence-corrected chi connectivity index (χ4v) is 2.40. The summed E-state index contributed by atoms with van der Waals surface area (Å²) in [6, 6.07) is 8.00. The molecule has 2 aromatic carbocycles. The van der Waals surface area contributed by atoms with E-state index < -0.39 is 18.8 Å². The number of hydrogen-bond donors (Lipinski definition) is 3. The summed E-state index contributed by atoms with van der Waals surface area (Å²) in [4.78, 5) is 12.1. The zero-order valence-electron chi connectivity index (χ0n) is 10.5. The molecule has 21 heavy (non-hydrogen) atoms. The van der Waals surface area contributed by atoms with Crippen molar-refractivity contribution in [2.24, 2.45) is 0 Å². The summed E-state index contributed by atoms with van der Waals surface area (Å²) in [7, 11) is -1.86. The first-order valence-electron chi connectivity index (χ1n) is 5.80. The molecule has 0 unspecified atom stereocenters. The lowest BCUT2D eigenvalue weighted by molar-refractivity contribution is 0.102. The largest absolute Gasteiger partial charge is 0.488 e. The third-order valence-electron chi connectivity index (χ3n) is 2.66. The summed E-state index contributed by atoms with van der Waals surface area (Å²) in [6.07, 6.45) is 0. The average molecular weight is 372 g/mol. The Morgan fingerprint density at radius 2 is 1.95 bits per heavy atom. The topological polar surface area (TPSA) is 69.6 Å². The second-order valence-corrected chi connectivity index (χ2v) is 5.55. The van der Waals surface area contributed by atoms with E-state index in [9.17, 15) is 9.18 Å². The molecule has 8 heteroatoms. The van der Waals surface area contributed by atoms with Crippen molar-refractivity contribution in [2.45, 2.75) is 0 Å². The molecule has 0 aromatic heterocycles. The third-order valence-corrected chi connectivity index (χ3v) is 3.47. The SMILES string of the molecule is O=C(Nc1ccc(Br)cc1Cl)c1cc(F)cc(B(O)O)c1. The molecule has 4 nitrogen and oxygen atoms in total. The van der Waals surface area contributed by atoms with Crippen LogP contribution in [-0.2, 0) is 0 Å². The molecule has 0 aliphatic heterocycles. The van der Waals surface area contributed by atoms with E-state index in [2.05, 4.69) is 21.2 Å². The minimum atomic E-state index is -1.86. The molecule has 0 aliphatic carbocycles. The van der Waals surface area contributed by atoms with Crippen LogP contribution >= 0.6 is 27.5 Å². The Balaban J connectivity index is 2.28. The fraction of sp³-hybridized carbons (Fsp3) is 0. The first-order valence-corrected chi connectivity index (χ1v) is 6.97. The zero-order valence-corrected chi connectivity index (χ0v) is 12.8. The van der Waals surface area contributed by atoms with Gasteiger partial charge in [0.2, 0.25) is 0 Å². The summed E-state index contributed by atoms with van der Waals surface area (Å²) >= 11 is 9.22. The van der Waals surface area contributed by atoms with Gasteiger partial charge in [0, 0.05) is 10.0 Å². The Bertz CT molecular complexity index is 699. The minimum absolute atomic E-state index is 0.0444. The van der Waals surface area contributed by atoms with Gasteiger partial charge in [0.05, 0.1) is 10.7 Å². The fourth-order valence-electron chi connectivity index (χ4n) is 1.68. The Kier molecular flexibility index (Phi) is 5.00. The van der Waals surface area contributed by atoms with Crippen molar-refractivity contribution in [2.75, 3.05) is 5.32 Å². The lowest BCUT2D eigenvalue weighted by Crippen LogP contribution is -2.31. The lowest BCUT2D eigenvalue weighted by Gasteiger charge is -2.09. The molecular weight excluding hydrogens is 363 g/mol. The van der Waals surface area contributed by atoms with Gasteiger partial charge in [-0.2, -0.15) is 0 Å². The number of hydrogen-bond acceptors (Lipinski definition) is 3. The van der Waals surface area contributed by atoms with Crippen LogP contribution in [0.5, 0.6) is 0 Å². The van der Waals surface area contributed by atoms with E-state index in [1.165, 1.54) is 6.07 Å². The maximum absolute atomic E-state index is 13.4. The summed E-state index contributed by atoms with van der Waals surface area (Å²) in [5.74, 6) is -1.35. The van der Waals surface area contributed by atoms with Crippen LogP contribution in [0.25, 0.3) is 0 Å².